The van der Waals surface area contributed by atoms with Gasteiger partial charge in [-0.3, -0.25) is 4.98 Å². The van der Waals surface area contributed by atoms with Gasteiger partial charge in [0.15, 0.2) is 0 Å². The summed E-state index contributed by atoms with van der Waals surface area (Å²) in [6.45, 7) is 6.74. The van der Waals surface area contributed by atoms with E-state index in [4.69, 9.17) is 0 Å². The highest BCUT2D eigenvalue weighted by Crippen LogP contribution is 2.18. The Hall–Kier alpha value is -2.36. The standard InChI is InChI=1S/C17H20N2O2/c1-11(2)14-6-4-13(5-7-14)9-19-16-8-12(3)18-10-15(16)17(20)21/h4-8,10-11H,9H2,1-3H3,(H,18,19)(H,20,21). The highest BCUT2D eigenvalue weighted by atomic mass is 16.4. The zero-order valence-corrected chi connectivity index (χ0v) is 12.6. The maximum atomic E-state index is 11.2. The van der Waals surface area contributed by atoms with Crippen LogP contribution in [0.2, 0.25) is 0 Å². The Bertz CT molecular complexity index is 634. The van der Waals surface area contributed by atoms with Crippen LogP contribution in [0.3, 0.4) is 0 Å². The number of aryl methyl sites for hydroxylation is 1. The first kappa shape index (κ1) is 15.0. The number of nitrogens with one attached hydrogen (secondary N) is 1. The molecule has 0 saturated carbocycles. The Balaban J connectivity index is 2.12. The number of nitrogens with zero attached hydrogens (tertiary/aromatic N) is 1. The van der Waals surface area contributed by atoms with Gasteiger partial charge in [-0.15, -0.1) is 0 Å². The van der Waals surface area contributed by atoms with Gasteiger partial charge in [0.2, 0.25) is 0 Å². The monoisotopic (exact) mass is 284 g/mol. The molecule has 4 nitrogen and oxygen atoms in total. The Labute approximate surface area is 124 Å². The first-order chi connectivity index (χ1) is 9.97. The highest BCUT2D eigenvalue weighted by Gasteiger charge is 2.10. The number of hydrogen-bond acceptors (Lipinski definition) is 3. The van der Waals surface area contributed by atoms with Gasteiger partial charge in [-0.2, -0.15) is 0 Å². The summed E-state index contributed by atoms with van der Waals surface area (Å²) in [7, 11) is 0. The molecular weight excluding hydrogens is 264 g/mol. The predicted octanol–water partition coefficient (Wildman–Crippen LogP) is 3.82. The van der Waals surface area contributed by atoms with Crippen molar-refractivity contribution in [2.24, 2.45) is 0 Å². The van der Waals surface area contributed by atoms with Crippen LogP contribution in [0, 0.1) is 6.92 Å². The molecule has 1 aromatic heterocycles. The number of carbonyl (C=O) groups is 1. The molecule has 0 spiro atoms. The van der Waals surface area contributed by atoms with E-state index in [1.54, 1.807) is 6.07 Å². The largest absolute Gasteiger partial charge is 0.478 e. The Morgan fingerprint density at radius 2 is 1.95 bits per heavy atom. The van der Waals surface area contributed by atoms with E-state index in [1.807, 2.05) is 6.92 Å². The van der Waals surface area contributed by atoms with Crippen LogP contribution in [0.1, 0.15) is 46.9 Å². The number of benzene rings is 1. The number of carboxylic acids is 1. The first-order valence-electron chi connectivity index (χ1n) is 7.00. The van der Waals surface area contributed by atoms with Gasteiger partial charge in [0.25, 0.3) is 0 Å². The average Bonchev–Trinajstić information content (AvgIpc) is 2.45. The minimum absolute atomic E-state index is 0.194. The highest BCUT2D eigenvalue weighted by molar-refractivity contribution is 5.93. The molecule has 0 aliphatic carbocycles. The van der Waals surface area contributed by atoms with Crippen molar-refractivity contribution in [2.75, 3.05) is 5.32 Å². The van der Waals surface area contributed by atoms with E-state index in [9.17, 15) is 9.90 Å². The molecule has 110 valence electrons. The molecule has 2 aromatic rings. The molecule has 4 heteroatoms. The van der Waals surface area contributed by atoms with Crippen molar-refractivity contribution in [3.63, 3.8) is 0 Å². The van der Waals surface area contributed by atoms with Gasteiger partial charge in [0, 0.05) is 18.4 Å². The van der Waals surface area contributed by atoms with Crippen LogP contribution in [-0.4, -0.2) is 16.1 Å². The lowest BCUT2D eigenvalue weighted by Crippen LogP contribution is -2.07. The summed E-state index contributed by atoms with van der Waals surface area (Å²) in [6, 6.07) is 10.1. The molecule has 1 aromatic carbocycles. The van der Waals surface area contributed by atoms with Crippen LogP contribution in [-0.2, 0) is 6.54 Å². The molecule has 0 aliphatic rings. The minimum Gasteiger partial charge on any atom is -0.478 e. The summed E-state index contributed by atoms with van der Waals surface area (Å²) in [6.07, 6.45) is 1.39. The van der Waals surface area contributed by atoms with Crippen LogP contribution in [0.25, 0.3) is 0 Å². The molecule has 0 bridgehead atoms. The zero-order valence-electron chi connectivity index (χ0n) is 12.6. The van der Waals surface area contributed by atoms with Crippen LogP contribution in [0.4, 0.5) is 5.69 Å². The molecule has 2 N–H and O–H groups in total. The SMILES string of the molecule is Cc1cc(NCc2ccc(C(C)C)cc2)c(C(=O)O)cn1. The van der Waals surface area contributed by atoms with Gasteiger partial charge in [-0.1, -0.05) is 38.1 Å². The number of hydrogen-bond donors (Lipinski definition) is 2. The van der Waals surface area contributed by atoms with Gasteiger partial charge < -0.3 is 10.4 Å². The molecule has 0 aliphatic heterocycles. The van der Waals surface area contributed by atoms with Crippen LogP contribution in [0.5, 0.6) is 0 Å². The fraction of sp³-hybridized carbons (Fsp3) is 0.294. The molecule has 0 radical (unpaired) electrons. The average molecular weight is 284 g/mol. The smallest absolute Gasteiger partial charge is 0.339 e. The molecule has 0 fully saturated rings. The van der Waals surface area contributed by atoms with Gasteiger partial charge in [-0.25, -0.2) is 4.79 Å². The molecular formula is C17H20N2O2. The number of anilines is 1. The summed E-state index contributed by atoms with van der Waals surface area (Å²) in [5.41, 5.74) is 4.00. The van der Waals surface area contributed by atoms with E-state index in [2.05, 4.69) is 48.4 Å². The normalized spacial score (nSPS) is 10.7. The van der Waals surface area contributed by atoms with E-state index in [0.29, 0.717) is 18.2 Å². The predicted molar refractivity (Wildman–Crippen MR) is 83.8 cm³/mol. The van der Waals surface area contributed by atoms with Gasteiger partial charge in [-0.05, 0) is 30.0 Å². The van der Waals surface area contributed by atoms with Crippen molar-refractivity contribution in [1.82, 2.24) is 4.98 Å². The summed E-state index contributed by atoms with van der Waals surface area (Å²) >= 11 is 0. The number of rotatable bonds is 5. The van der Waals surface area contributed by atoms with E-state index in [1.165, 1.54) is 11.8 Å². The first-order valence-corrected chi connectivity index (χ1v) is 7.00. The van der Waals surface area contributed by atoms with Crippen molar-refractivity contribution in [1.29, 1.82) is 0 Å². The van der Waals surface area contributed by atoms with Crippen molar-refractivity contribution < 1.29 is 9.90 Å². The third-order valence-electron chi connectivity index (χ3n) is 3.40. The van der Waals surface area contributed by atoms with E-state index < -0.39 is 5.97 Å². The second kappa shape index (κ2) is 6.39. The second-order valence-corrected chi connectivity index (χ2v) is 5.43. The number of aromatic carboxylic acids is 1. The molecule has 2 rings (SSSR count). The summed E-state index contributed by atoms with van der Waals surface area (Å²) in [4.78, 5) is 15.2. The lowest BCUT2D eigenvalue weighted by atomic mass is 10.0. The Morgan fingerprint density at radius 1 is 1.29 bits per heavy atom. The van der Waals surface area contributed by atoms with E-state index in [0.717, 1.165) is 11.3 Å². The lowest BCUT2D eigenvalue weighted by molar-refractivity contribution is 0.0697. The number of carboxylic acid groups (broad SMARTS) is 1. The molecule has 0 atom stereocenters. The Morgan fingerprint density at radius 3 is 2.52 bits per heavy atom. The topological polar surface area (TPSA) is 62.2 Å². The van der Waals surface area contributed by atoms with Crippen molar-refractivity contribution in [3.05, 3.63) is 58.9 Å². The molecule has 0 saturated heterocycles. The van der Waals surface area contributed by atoms with E-state index in [-0.39, 0.29) is 5.56 Å². The molecule has 0 unspecified atom stereocenters. The second-order valence-electron chi connectivity index (χ2n) is 5.43. The third kappa shape index (κ3) is 3.81. The van der Waals surface area contributed by atoms with Crippen molar-refractivity contribution in [3.8, 4) is 0 Å². The van der Waals surface area contributed by atoms with E-state index >= 15 is 0 Å². The van der Waals surface area contributed by atoms with Crippen LogP contribution < -0.4 is 5.32 Å². The summed E-state index contributed by atoms with van der Waals surface area (Å²) in [5, 5.41) is 12.4. The molecule has 0 amide bonds. The van der Waals surface area contributed by atoms with Gasteiger partial charge in [0.05, 0.1) is 5.69 Å². The fourth-order valence-electron chi connectivity index (χ4n) is 2.09. The fourth-order valence-corrected chi connectivity index (χ4v) is 2.09. The molecule has 1 heterocycles. The quantitative estimate of drug-likeness (QED) is 0.876. The minimum atomic E-state index is -0.972. The zero-order chi connectivity index (χ0) is 15.4. The maximum Gasteiger partial charge on any atom is 0.339 e. The van der Waals surface area contributed by atoms with Crippen LogP contribution >= 0.6 is 0 Å². The van der Waals surface area contributed by atoms with Gasteiger partial charge in [0.1, 0.15) is 5.56 Å². The van der Waals surface area contributed by atoms with Gasteiger partial charge >= 0.3 is 5.97 Å². The number of pyridine rings is 1. The van der Waals surface area contributed by atoms with Crippen molar-refractivity contribution in [2.45, 2.75) is 33.2 Å². The lowest BCUT2D eigenvalue weighted by Gasteiger charge is -2.11. The maximum absolute atomic E-state index is 11.2. The number of aromatic nitrogens is 1. The summed E-state index contributed by atoms with van der Waals surface area (Å²) in [5.74, 6) is -0.464. The third-order valence-corrected chi connectivity index (χ3v) is 3.40. The van der Waals surface area contributed by atoms with Crippen molar-refractivity contribution >= 4 is 11.7 Å². The Kier molecular flexibility index (Phi) is 4.58. The summed E-state index contributed by atoms with van der Waals surface area (Å²) < 4.78 is 0. The van der Waals surface area contributed by atoms with Crippen LogP contribution in [0.15, 0.2) is 36.5 Å². The molecule has 21 heavy (non-hydrogen) atoms.